The molecule has 0 aromatic carbocycles. The standard InChI is InChI=1S/C16H25N3OS/c1-13-9-14(2)17-10-15(13)11-18-16(20)12-21-8-7-19-5-3-4-6-19/h9-10H,3-8,11-12H2,1-2H3,(H,18,20). The van der Waals surface area contributed by atoms with Gasteiger partial charge < -0.3 is 10.2 Å². The Labute approximate surface area is 131 Å². The molecule has 21 heavy (non-hydrogen) atoms. The minimum atomic E-state index is 0.112. The maximum absolute atomic E-state index is 11.8. The summed E-state index contributed by atoms with van der Waals surface area (Å²) in [5, 5.41) is 2.97. The fourth-order valence-electron chi connectivity index (χ4n) is 2.52. The fraction of sp³-hybridized carbons (Fsp3) is 0.625. The van der Waals surface area contributed by atoms with Crippen LogP contribution in [0.3, 0.4) is 0 Å². The highest BCUT2D eigenvalue weighted by atomic mass is 32.2. The molecule has 1 aromatic heterocycles. The molecule has 0 atom stereocenters. The number of nitrogens with zero attached hydrogens (tertiary/aromatic N) is 2. The number of amides is 1. The molecule has 1 saturated heterocycles. The Morgan fingerprint density at radius 1 is 1.38 bits per heavy atom. The van der Waals surface area contributed by atoms with Crippen molar-refractivity contribution < 1.29 is 4.79 Å². The van der Waals surface area contributed by atoms with Crippen LogP contribution in [0.5, 0.6) is 0 Å². The Morgan fingerprint density at radius 2 is 2.14 bits per heavy atom. The molecule has 0 bridgehead atoms. The van der Waals surface area contributed by atoms with Crippen LogP contribution in [0.4, 0.5) is 0 Å². The number of thioether (sulfide) groups is 1. The van der Waals surface area contributed by atoms with E-state index in [-0.39, 0.29) is 5.91 Å². The van der Waals surface area contributed by atoms with Gasteiger partial charge in [0, 0.05) is 30.7 Å². The SMILES string of the molecule is Cc1cc(C)c(CNC(=O)CSCCN2CCCC2)cn1. The lowest BCUT2D eigenvalue weighted by Crippen LogP contribution is -2.26. The van der Waals surface area contributed by atoms with E-state index in [0.29, 0.717) is 12.3 Å². The lowest BCUT2D eigenvalue weighted by atomic mass is 10.1. The predicted octanol–water partition coefficient (Wildman–Crippen LogP) is 2.14. The molecule has 2 heterocycles. The highest BCUT2D eigenvalue weighted by Crippen LogP contribution is 2.10. The van der Waals surface area contributed by atoms with E-state index in [1.165, 1.54) is 31.5 Å². The molecule has 1 amide bonds. The van der Waals surface area contributed by atoms with Gasteiger partial charge in [-0.1, -0.05) is 0 Å². The number of pyridine rings is 1. The number of carbonyl (C=O) groups is 1. The number of aromatic nitrogens is 1. The molecule has 2 rings (SSSR count). The van der Waals surface area contributed by atoms with Crippen molar-refractivity contribution in [2.24, 2.45) is 0 Å². The number of likely N-dealkylation sites (tertiary alicyclic amines) is 1. The van der Waals surface area contributed by atoms with Gasteiger partial charge in [-0.3, -0.25) is 9.78 Å². The van der Waals surface area contributed by atoms with Gasteiger partial charge in [-0.2, -0.15) is 11.8 Å². The van der Waals surface area contributed by atoms with Crippen molar-refractivity contribution in [1.82, 2.24) is 15.2 Å². The van der Waals surface area contributed by atoms with Gasteiger partial charge >= 0.3 is 0 Å². The first-order valence-electron chi connectivity index (χ1n) is 7.64. The number of hydrogen-bond donors (Lipinski definition) is 1. The zero-order valence-electron chi connectivity index (χ0n) is 13.0. The molecule has 0 radical (unpaired) electrons. The molecule has 0 spiro atoms. The van der Waals surface area contributed by atoms with Crippen molar-refractivity contribution in [3.63, 3.8) is 0 Å². The van der Waals surface area contributed by atoms with Gasteiger partial charge in [-0.25, -0.2) is 0 Å². The van der Waals surface area contributed by atoms with Gasteiger partial charge in [0.15, 0.2) is 0 Å². The van der Waals surface area contributed by atoms with E-state index in [2.05, 4.69) is 22.1 Å². The molecule has 1 aliphatic rings. The highest BCUT2D eigenvalue weighted by molar-refractivity contribution is 7.99. The third kappa shape index (κ3) is 5.67. The van der Waals surface area contributed by atoms with E-state index in [1.807, 2.05) is 19.2 Å². The molecule has 1 fully saturated rings. The Bertz CT molecular complexity index is 473. The monoisotopic (exact) mass is 307 g/mol. The Hall–Kier alpha value is -1.07. The minimum Gasteiger partial charge on any atom is -0.351 e. The summed E-state index contributed by atoms with van der Waals surface area (Å²) in [5.74, 6) is 1.70. The second-order valence-electron chi connectivity index (χ2n) is 5.63. The summed E-state index contributed by atoms with van der Waals surface area (Å²) >= 11 is 1.72. The summed E-state index contributed by atoms with van der Waals surface area (Å²) < 4.78 is 0. The van der Waals surface area contributed by atoms with Gasteiger partial charge in [0.25, 0.3) is 0 Å². The average molecular weight is 307 g/mol. The van der Waals surface area contributed by atoms with Gasteiger partial charge in [0.2, 0.25) is 5.91 Å². The van der Waals surface area contributed by atoms with Crippen molar-refractivity contribution in [3.8, 4) is 0 Å². The normalized spacial score (nSPS) is 15.3. The minimum absolute atomic E-state index is 0.112. The summed E-state index contributed by atoms with van der Waals surface area (Å²) in [4.78, 5) is 18.6. The lowest BCUT2D eigenvalue weighted by Gasteiger charge is -2.13. The van der Waals surface area contributed by atoms with Crippen molar-refractivity contribution in [1.29, 1.82) is 0 Å². The molecule has 1 aliphatic heterocycles. The van der Waals surface area contributed by atoms with Gasteiger partial charge in [0.1, 0.15) is 0 Å². The lowest BCUT2D eigenvalue weighted by molar-refractivity contribution is -0.118. The molecule has 116 valence electrons. The van der Waals surface area contributed by atoms with Crippen molar-refractivity contribution in [2.45, 2.75) is 33.2 Å². The van der Waals surface area contributed by atoms with Crippen LogP contribution < -0.4 is 5.32 Å². The van der Waals surface area contributed by atoms with Crippen LogP contribution in [0.2, 0.25) is 0 Å². The number of carbonyl (C=O) groups excluding carboxylic acids is 1. The van der Waals surface area contributed by atoms with Gasteiger partial charge in [-0.15, -0.1) is 0 Å². The third-order valence-corrected chi connectivity index (χ3v) is 4.75. The van der Waals surface area contributed by atoms with E-state index in [4.69, 9.17) is 0 Å². The molecule has 0 aliphatic carbocycles. The van der Waals surface area contributed by atoms with Crippen LogP contribution in [-0.2, 0) is 11.3 Å². The number of aryl methyl sites for hydroxylation is 2. The summed E-state index contributed by atoms with van der Waals surface area (Å²) in [5.41, 5.74) is 3.29. The van der Waals surface area contributed by atoms with Gasteiger partial charge in [-0.05, 0) is 57.0 Å². The first-order valence-corrected chi connectivity index (χ1v) is 8.79. The maximum Gasteiger partial charge on any atom is 0.230 e. The van der Waals surface area contributed by atoms with E-state index < -0.39 is 0 Å². The fourth-order valence-corrected chi connectivity index (χ4v) is 3.34. The molecule has 0 unspecified atom stereocenters. The summed E-state index contributed by atoms with van der Waals surface area (Å²) in [6, 6.07) is 2.05. The highest BCUT2D eigenvalue weighted by Gasteiger charge is 2.11. The Balaban J connectivity index is 1.60. The van der Waals surface area contributed by atoms with Crippen LogP contribution in [0.15, 0.2) is 12.3 Å². The molecule has 5 heteroatoms. The number of rotatable bonds is 7. The first-order chi connectivity index (χ1) is 10.1. The molecule has 1 N–H and O–H groups in total. The van der Waals surface area contributed by atoms with Crippen LogP contribution >= 0.6 is 11.8 Å². The average Bonchev–Trinajstić information content (AvgIpc) is 2.96. The van der Waals surface area contributed by atoms with E-state index in [1.54, 1.807) is 11.8 Å². The van der Waals surface area contributed by atoms with Crippen LogP contribution in [0.1, 0.15) is 29.7 Å². The summed E-state index contributed by atoms with van der Waals surface area (Å²) in [6.07, 6.45) is 4.51. The molecule has 1 aromatic rings. The zero-order chi connectivity index (χ0) is 15.1. The predicted molar refractivity (Wildman–Crippen MR) is 88.6 cm³/mol. The number of hydrogen-bond acceptors (Lipinski definition) is 4. The maximum atomic E-state index is 11.8. The second kappa shape index (κ2) is 8.39. The Morgan fingerprint density at radius 3 is 2.86 bits per heavy atom. The number of nitrogens with one attached hydrogen (secondary N) is 1. The van der Waals surface area contributed by atoms with Crippen molar-refractivity contribution >= 4 is 17.7 Å². The van der Waals surface area contributed by atoms with Gasteiger partial charge in [0.05, 0.1) is 5.75 Å². The second-order valence-corrected chi connectivity index (χ2v) is 6.74. The summed E-state index contributed by atoms with van der Waals surface area (Å²) in [7, 11) is 0. The largest absolute Gasteiger partial charge is 0.351 e. The summed E-state index contributed by atoms with van der Waals surface area (Å²) in [6.45, 7) is 8.18. The topological polar surface area (TPSA) is 45.2 Å². The van der Waals surface area contributed by atoms with E-state index in [0.717, 1.165) is 23.6 Å². The quantitative estimate of drug-likeness (QED) is 0.784. The molecular formula is C16H25N3OS. The molecule has 4 nitrogen and oxygen atoms in total. The zero-order valence-corrected chi connectivity index (χ0v) is 13.8. The first kappa shape index (κ1) is 16.3. The smallest absolute Gasteiger partial charge is 0.230 e. The molecule has 0 saturated carbocycles. The molecular weight excluding hydrogens is 282 g/mol. The van der Waals surface area contributed by atoms with Crippen LogP contribution in [-0.4, -0.2) is 46.9 Å². The van der Waals surface area contributed by atoms with E-state index >= 15 is 0 Å². The van der Waals surface area contributed by atoms with Crippen LogP contribution in [0.25, 0.3) is 0 Å². The van der Waals surface area contributed by atoms with E-state index in [9.17, 15) is 4.79 Å². The van der Waals surface area contributed by atoms with Crippen molar-refractivity contribution in [3.05, 3.63) is 29.1 Å². The van der Waals surface area contributed by atoms with Crippen LogP contribution in [0, 0.1) is 13.8 Å². The Kier molecular flexibility index (Phi) is 6.51. The van der Waals surface area contributed by atoms with Crippen molar-refractivity contribution in [2.75, 3.05) is 31.1 Å². The third-order valence-electron chi connectivity index (χ3n) is 3.82.